The van der Waals surface area contributed by atoms with Crippen LogP contribution in [0, 0.1) is 5.41 Å². The highest BCUT2D eigenvalue weighted by Gasteiger charge is 2.18. The van der Waals surface area contributed by atoms with Crippen molar-refractivity contribution in [2.45, 2.75) is 33.6 Å². The number of ether oxygens (including phenoxy) is 5. The second-order valence-electron chi connectivity index (χ2n) is 7.88. The molecule has 0 aliphatic carbocycles. The molecule has 0 bridgehead atoms. The van der Waals surface area contributed by atoms with Gasteiger partial charge in [-0.15, -0.1) is 0 Å². The third kappa shape index (κ3) is 12.5. The number of ketones is 1. The van der Waals surface area contributed by atoms with Gasteiger partial charge >= 0.3 is 0 Å². The van der Waals surface area contributed by atoms with E-state index >= 15 is 0 Å². The maximum absolute atomic E-state index is 12.2. The number of benzene rings is 1. The van der Waals surface area contributed by atoms with Gasteiger partial charge in [-0.05, 0) is 30.0 Å². The largest absolute Gasteiger partial charge is 0.504 e. The second kappa shape index (κ2) is 14.3. The van der Waals surface area contributed by atoms with Crippen LogP contribution < -0.4 is 4.74 Å². The van der Waals surface area contributed by atoms with Crippen LogP contribution in [0.25, 0.3) is 0 Å². The van der Waals surface area contributed by atoms with Crippen LogP contribution in [0.3, 0.4) is 0 Å². The van der Waals surface area contributed by atoms with Gasteiger partial charge in [0.05, 0.1) is 33.0 Å². The number of phenolic OH excluding ortho intramolecular Hbond substituents is 1. The Morgan fingerprint density at radius 3 is 2.03 bits per heavy atom. The fourth-order valence-corrected chi connectivity index (χ4v) is 2.45. The smallest absolute Gasteiger partial charge is 0.163 e. The maximum Gasteiger partial charge on any atom is 0.163 e. The number of hydrogen-bond acceptors (Lipinski definition) is 7. The Balaban J connectivity index is 2.11. The van der Waals surface area contributed by atoms with Crippen LogP contribution in [-0.4, -0.2) is 70.9 Å². The molecule has 0 radical (unpaired) electrons. The van der Waals surface area contributed by atoms with Gasteiger partial charge in [0.2, 0.25) is 0 Å². The molecule has 1 aromatic carbocycles. The Bertz CT molecular complexity index is 581. The summed E-state index contributed by atoms with van der Waals surface area (Å²) >= 11 is 0. The Hall–Kier alpha value is -1.67. The van der Waals surface area contributed by atoms with E-state index in [1.54, 1.807) is 19.2 Å². The molecular weight excluding hydrogens is 376 g/mol. The zero-order valence-electron chi connectivity index (χ0n) is 18.2. The van der Waals surface area contributed by atoms with Gasteiger partial charge in [-0.3, -0.25) is 4.79 Å². The topological polar surface area (TPSA) is 83.5 Å². The average molecular weight is 413 g/mol. The predicted molar refractivity (Wildman–Crippen MR) is 111 cm³/mol. The molecule has 1 aromatic rings. The lowest BCUT2D eigenvalue weighted by atomic mass is 9.88. The van der Waals surface area contributed by atoms with Crippen molar-refractivity contribution in [1.29, 1.82) is 0 Å². The molecule has 0 aliphatic heterocycles. The van der Waals surface area contributed by atoms with Gasteiger partial charge in [0.1, 0.15) is 6.61 Å². The zero-order chi connectivity index (χ0) is 21.5. The molecule has 0 spiro atoms. The number of aromatic hydroxyl groups is 1. The van der Waals surface area contributed by atoms with Gasteiger partial charge in [-0.25, -0.2) is 0 Å². The van der Waals surface area contributed by atoms with Crippen LogP contribution in [0.5, 0.6) is 11.5 Å². The van der Waals surface area contributed by atoms with Crippen molar-refractivity contribution in [3.05, 3.63) is 23.8 Å². The van der Waals surface area contributed by atoms with E-state index in [9.17, 15) is 9.90 Å². The van der Waals surface area contributed by atoms with E-state index < -0.39 is 0 Å². The van der Waals surface area contributed by atoms with E-state index in [4.69, 9.17) is 23.7 Å². The van der Waals surface area contributed by atoms with Crippen molar-refractivity contribution in [1.82, 2.24) is 0 Å². The lowest BCUT2D eigenvalue weighted by Crippen LogP contribution is -2.14. The predicted octanol–water partition coefficient (Wildman–Crippen LogP) is 3.48. The van der Waals surface area contributed by atoms with Gasteiger partial charge < -0.3 is 28.8 Å². The molecule has 1 rings (SSSR count). The number of carbonyl (C=O) groups excluding carboxylic acids is 1. The third-order valence-corrected chi connectivity index (χ3v) is 3.84. The quantitative estimate of drug-likeness (QED) is 0.329. The molecular formula is C22H36O7. The van der Waals surface area contributed by atoms with E-state index in [0.717, 1.165) is 6.42 Å². The molecule has 0 fully saturated rings. The molecule has 0 aliphatic rings. The van der Waals surface area contributed by atoms with Crippen LogP contribution in [0.15, 0.2) is 18.2 Å². The Morgan fingerprint density at radius 2 is 1.48 bits per heavy atom. The SMILES string of the molecule is COCCCOCCOCCOCCOc1ccc(C(=O)CC(C)(C)C)cc1O. The highest BCUT2D eigenvalue weighted by Crippen LogP contribution is 2.29. The zero-order valence-corrected chi connectivity index (χ0v) is 18.2. The summed E-state index contributed by atoms with van der Waals surface area (Å²) in [5.41, 5.74) is 0.390. The molecule has 0 saturated heterocycles. The minimum absolute atomic E-state index is 0.00283. The van der Waals surface area contributed by atoms with Crippen molar-refractivity contribution in [2.75, 3.05) is 60.0 Å². The lowest BCUT2D eigenvalue weighted by Gasteiger charge is -2.17. The molecule has 0 aromatic heterocycles. The van der Waals surface area contributed by atoms with Crippen molar-refractivity contribution in [2.24, 2.45) is 5.41 Å². The number of rotatable bonds is 16. The van der Waals surface area contributed by atoms with Crippen LogP contribution >= 0.6 is 0 Å². The molecule has 0 unspecified atom stereocenters. The van der Waals surface area contributed by atoms with E-state index in [2.05, 4.69) is 0 Å². The first-order chi connectivity index (χ1) is 13.8. The molecule has 0 heterocycles. The van der Waals surface area contributed by atoms with Gasteiger partial charge in [-0.2, -0.15) is 0 Å². The Kier molecular flexibility index (Phi) is 12.5. The van der Waals surface area contributed by atoms with Crippen LogP contribution in [-0.2, 0) is 18.9 Å². The second-order valence-corrected chi connectivity index (χ2v) is 7.88. The third-order valence-electron chi connectivity index (χ3n) is 3.84. The molecule has 0 amide bonds. The van der Waals surface area contributed by atoms with Crippen LogP contribution in [0.1, 0.15) is 44.0 Å². The number of methoxy groups -OCH3 is 1. The molecule has 166 valence electrons. The fraction of sp³-hybridized carbons (Fsp3) is 0.682. The fourth-order valence-electron chi connectivity index (χ4n) is 2.45. The Labute approximate surface area is 174 Å². The van der Waals surface area contributed by atoms with E-state index in [1.807, 2.05) is 20.8 Å². The standard InChI is InChI=1S/C22H36O7/c1-22(2,3)17-20(24)18-6-7-21(19(23)16-18)29-15-14-28-13-12-27-11-10-26-9-5-8-25-4/h6-7,16,23H,5,8-15,17H2,1-4H3. The minimum atomic E-state index is -0.0972. The van der Waals surface area contributed by atoms with Gasteiger partial charge in [-0.1, -0.05) is 20.8 Å². The van der Waals surface area contributed by atoms with Crippen LogP contribution in [0.4, 0.5) is 0 Å². The lowest BCUT2D eigenvalue weighted by molar-refractivity contribution is 0.00658. The highest BCUT2D eigenvalue weighted by molar-refractivity contribution is 5.97. The molecule has 0 atom stereocenters. The van der Waals surface area contributed by atoms with Crippen molar-refractivity contribution in [3.63, 3.8) is 0 Å². The molecule has 29 heavy (non-hydrogen) atoms. The summed E-state index contributed by atoms with van der Waals surface area (Å²) in [5, 5.41) is 10.1. The summed E-state index contributed by atoms with van der Waals surface area (Å²) in [6.45, 7) is 10.1. The highest BCUT2D eigenvalue weighted by atomic mass is 16.6. The monoisotopic (exact) mass is 412 g/mol. The first-order valence-electron chi connectivity index (χ1n) is 10.0. The summed E-state index contributed by atoms with van der Waals surface area (Å²) in [7, 11) is 1.67. The minimum Gasteiger partial charge on any atom is -0.504 e. The van der Waals surface area contributed by atoms with Gasteiger partial charge in [0.25, 0.3) is 0 Å². The summed E-state index contributed by atoms with van der Waals surface area (Å²) in [6.07, 6.45) is 1.30. The van der Waals surface area contributed by atoms with E-state index in [0.29, 0.717) is 70.6 Å². The van der Waals surface area contributed by atoms with Crippen molar-refractivity contribution >= 4 is 5.78 Å². The van der Waals surface area contributed by atoms with Gasteiger partial charge in [0, 0.05) is 32.3 Å². The summed E-state index contributed by atoms with van der Waals surface area (Å²) in [4.78, 5) is 12.2. The first-order valence-corrected chi connectivity index (χ1v) is 10.0. The molecule has 0 saturated carbocycles. The number of hydrogen-bond donors (Lipinski definition) is 1. The normalized spacial score (nSPS) is 11.6. The number of carbonyl (C=O) groups is 1. The maximum atomic E-state index is 12.2. The number of Topliss-reactive ketones (excluding diaryl/α,β-unsaturated/α-hetero) is 1. The van der Waals surface area contributed by atoms with Crippen LogP contribution in [0.2, 0.25) is 0 Å². The molecule has 7 nitrogen and oxygen atoms in total. The summed E-state index contributed by atoms with van der Waals surface area (Å²) < 4.78 is 26.6. The summed E-state index contributed by atoms with van der Waals surface area (Å²) in [5.74, 6) is 0.296. The first kappa shape index (κ1) is 25.4. The van der Waals surface area contributed by atoms with E-state index in [1.165, 1.54) is 6.07 Å². The van der Waals surface area contributed by atoms with Crippen molar-refractivity contribution < 1.29 is 33.6 Å². The van der Waals surface area contributed by atoms with Crippen molar-refractivity contribution in [3.8, 4) is 11.5 Å². The average Bonchev–Trinajstić information content (AvgIpc) is 2.65. The molecule has 7 heteroatoms. The van der Waals surface area contributed by atoms with Gasteiger partial charge in [0.15, 0.2) is 17.3 Å². The Morgan fingerprint density at radius 1 is 0.897 bits per heavy atom. The number of phenols is 1. The molecule has 1 N–H and O–H groups in total. The van der Waals surface area contributed by atoms with E-state index in [-0.39, 0.29) is 16.9 Å². The summed E-state index contributed by atoms with van der Waals surface area (Å²) in [6, 6.07) is 4.74.